The van der Waals surface area contributed by atoms with Gasteiger partial charge < -0.3 is 16.2 Å². The molecule has 6 heteroatoms. The third kappa shape index (κ3) is 3.41. The van der Waals surface area contributed by atoms with Gasteiger partial charge in [0.25, 0.3) is 0 Å². The van der Waals surface area contributed by atoms with Crippen molar-refractivity contribution in [3.8, 4) is 5.75 Å². The fourth-order valence-corrected chi connectivity index (χ4v) is 0.969. The third-order valence-corrected chi connectivity index (χ3v) is 1.58. The molecule has 0 aliphatic rings. The lowest BCUT2D eigenvalue weighted by Crippen LogP contribution is -2.17. The van der Waals surface area contributed by atoms with Crippen LogP contribution in [0.2, 0.25) is 0 Å². The summed E-state index contributed by atoms with van der Waals surface area (Å²) >= 11 is 0. The maximum absolute atomic E-state index is 11.9. The predicted molar refractivity (Wildman–Crippen MR) is 49.5 cm³/mol. The molecule has 0 saturated carbocycles. The minimum atomic E-state index is -4.71. The van der Waals surface area contributed by atoms with Crippen molar-refractivity contribution >= 4 is 5.70 Å². The Morgan fingerprint density at radius 1 is 1.33 bits per heavy atom. The number of halogens is 3. The third-order valence-electron chi connectivity index (χ3n) is 1.58. The van der Waals surface area contributed by atoms with Gasteiger partial charge in [-0.25, -0.2) is 0 Å². The molecule has 3 nitrogen and oxygen atoms in total. The van der Waals surface area contributed by atoms with E-state index in [0.717, 1.165) is 12.3 Å². The lowest BCUT2D eigenvalue weighted by Gasteiger charge is -2.09. The largest absolute Gasteiger partial charge is 0.573 e. The quantitative estimate of drug-likeness (QED) is 0.795. The van der Waals surface area contributed by atoms with E-state index < -0.39 is 6.36 Å². The van der Waals surface area contributed by atoms with E-state index in [9.17, 15) is 13.2 Å². The van der Waals surface area contributed by atoms with E-state index in [1.165, 1.54) is 18.2 Å². The molecule has 0 aliphatic carbocycles. The number of nitrogens with two attached hydrogens (primary N) is 2. The molecule has 0 spiro atoms. The molecule has 4 N–H and O–H groups in total. The monoisotopic (exact) mass is 218 g/mol. The van der Waals surface area contributed by atoms with Crippen molar-refractivity contribution in [2.45, 2.75) is 6.36 Å². The topological polar surface area (TPSA) is 61.3 Å². The molecule has 0 fully saturated rings. The van der Waals surface area contributed by atoms with E-state index in [2.05, 4.69) is 4.74 Å². The molecule has 0 saturated heterocycles. The Bertz CT molecular complexity index is 374. The lowest BCUT2D eigenvalue weighted by molar-refractivity contribution is -0.274. The highest BCUT2D eigenvalue weighted by molar-refractivity contribution is 5.63. The second kappa shape index (κ2) is 4.12. The number of hydrogen-bond donors (Lipinski definition) is 2. The predicted octanol–water partition coefficient (Wildman–Crippen LogP) is 1.80. The Labute approximate surface area is 84.1 Å². The maximum Gasteiger partial charge on any atom is 0.573 e. The summed E-state index contributed by atoms with van der Waals surface area (Å²) in [6.07, 6.45) is -3.60. The van der Waals surface area contributed by atoms with Gasteiger partial charge in [-0.2, -0.15) is 0 Å². The van der Waals surface area contributed by atoms with Crippen LogP contribution < -0.4 is 16.2 Å². The number of rotatable bonds is 2. The fraction of sp³-hybridized carbons (Fsp3) is 0.111. The Morgan fingerprint density at radius 3 is 2.53 bits per heavy atom. The van der Waals surface area contributed by atoms with E-state index >= 15 is 0 Å². The van der Waals surface area contributed by atoms with Gasteiger partial charge in [-0.1, -0.05) is 12.1 Å². The number of alkyl halides is 3. The summed E-state index contributed by atoms with van der Waals surface area (Å²) in [7, 11) is 0. The zero-order valence-corrected chi connectivity index (χ0v) is 7.58. The van der Waals surface area contributed by atoms with Crippen molar-refractivity contribution in [2.75, 3.05) is 0 Å². The van der Waals surface area contributed by atoms with Crippen molar-refractivity contribution < 1.29 is 17.9 Å². The molecular weight excluding hydrogens is 209 g/mol. The summed E-state index contributed by atoms with van der Waals surface area (Å²) in [6.45, 7) is 0. The molecule has 0 aliphatic heterocycles. The standard InChI is InChI=1S/C9H9F3N2O/c10-9(11,12)15-7-3-1-2-6(4-7)8(14)5-13/h1-5H,13-14H2/b8-5-. The van der Waals surface area contributed by atoms with Crippen LogP contribution in [0.5, 0.6) is 5.75 Å². The van der Waals surface area contributed by atoms with Gasteiger partial charge in [-0.05, 0) is 12.1 Å². The second-order valence-electron chi connectivity index (χ2n) is 2.70. The fourth-order valence-electron chi connectivity index (χ4n) is 0.969. The van der Waals surface area contributed by atoms with Gasteiger partial charge in [-0.3, -0.25) is 0 Å². The first kappa shape index (κ1) is 11.2. The Balaban J connectivity index is 2.93. The van der Waals surface area contributed by atoms with E-state index in [4.69, 9.17) is 11.5 Å². The number of ether oxygens (including phenoxy) is 1. The van der Waals surface area contributed by atoms with E-state index in [1.54, 1.807) is 0 Å². The van der Waals surface area contributed by atoms with Gasteiger partial charge in [0.05, 0.1) is 5.70 Å². The zero-order valence-electron chi connectivity index (χ0n) is 7.58. The highest BCUT2D eigenvalue weighted by Crippen LogP contribution is 2.24. The van der Waals surface area contributed by atoms with Crippen LogP contribution in [0, 0.1) is 0 Å². The smallest absolute Gasteiger partial charge is 0.406 e. The molecule has 0 atom stereocenters. The average Bonchev–Trinajstić information content (AvgIpc) is 2.14. The van der Waals surface area contributed by atoms with Gasteiger partial charge in [0, 0.05) is 11.8 Å². The summed E-state index contributed by atoms with van der Waals surface area (Å²) < 4.78 is 39.3. The van der Waals surface area contributed by atoms with Gasteiger partial charge in [0.1, 0.15) is 5.75 Å². The molecule has 82 valence electrons. The van der Waals surface area contributed by atoms with Crippen molar-refractivity contribution in [2.24, 2.45) is 11.5 Å². The molecule has 0 amide bonds. The summed E-state index contributed by atoms with van der Waals surface area (Å²) in [5.41, 5.74) is 11.1. The molecule has 1 rings (SSSR count). The molecule has 1 aromatic rings. The van der Waals surface area contributed by atoms with Crippen LogP contribution in [-0.4, -0.2) is 6.36 Å². The van der Waals surface area contributed by atoms with Crippen LogP contribution in [0.15, 0.2) is 30.5 Å². The first-order chi connectivity index (χ1) is 6.92. The van der Waals surface area contributed by atoms with Crippen LogP contribution in [0.4, 0.5) is 13.2 Å². The van der Waals surface area contributed by atoms with E-state index in [1.807, 2.05) is 0 Å². The normalized spacial score (nSPS) is 12.6. The zero-order chi connectivity index (χ0) is 11.5. The Hall–Kier alpha value is -1.85. The first-order valence-corrected chi connectivity index (χ1v) is 3.96. The number of hydrogen-bond acceptors (Lipinski definition) is 3. The van der Waals surface area contributed by atoms with Gasteiger partial charge >= 0.3 is 6.36 Å². The second-order valence-corrected chi connectivity index (χ2v) is 2.70. The van der Waals surface area contributed by atoms with Crippen molar-refractivity contribution in [3.63, 3.8) is 0 Å². The maximum atomic E-state index is 11.9. The Kier molecular flexibility index (Phi) is 3.08. The highest BCUT2D eigenvalue weighted by atomic mass is 19.4. The SMILES string of the molecule is N/C=C(\N)c1cccc(OC(F)(F)F)c1. The molecule has 0 unspecified atom stereocenters. The summed E-state index contributed by atoms with van der Waals surface area (Å²) in [6, 6.07) is 5.27. The lowest BCUT2D eigenvalue weighted by atomic mass is 10.1. The van der Waals surface area contributed by atoms with Gasteiger partial charge in [0.15, 0.2) is 0 Å². The van der Waals surface area contributed by atoms with Crippen molar-refractivity contribution in [1.82, 2.24) is 0 Å². The molecule has 0 bridgehead atoms. The summed E-state index contributed by atoms with van der Waals surface area (Å²) in [5, 5.41) is 0. The van der Waals surface area contributed by atoms with Crippen LogP contribution in [0.25, 0.3) is 5.70 Å². The minimum Gasteiger partial charge on any atom is -0.406 e. The Morgan fingerprint density at radius 2 is 2.00 bits per heavy atom. The minimum absolute atomic E-state index is 0.183. The van der Waals surface area contributed by atoms with Crippen LogP contribution in [-0.2, 0) is 0 Å². The molecular formula is C9H9F3N2O. The van der Waals surface area contributed by atoms with Crippen molar-refractivity contribution in [1.29, 1.82) is 0 Å². The van der Waals surface area contributed by atoms with Crippen LogP contribution in [0.1, 0.15) is 5.56 Å². The van der Waals surface area contributed by atoms with E-state index in [-0.39, 0.29) is 11.4 Å². The molecule has 0 aromatic heterocycles. The van der Waals surface area contributed by atoms with E-state index in [0.29, 0.717) is 5.56 Å². The van der Waals surface area contributed by atoms with Crippen molar-refractivity contribution in [3.05, 3.63) is 36.0 Å². The van der Waals surface area contributed by atoms with Gasteiger partial charge in [-0.15, -0.1) is 13.2 Å². The summed E-state index contributed by atoms with van der Waals surface area (Å²) in [5.74, 6) is -0.329. The summed E-state index contributed by atoms with van der Waals surface area (Å²) in [4.78, 5) is 0. The molecule has 0 radical (unpaired) electrons. The van der Waals surface area contributed by atoms with Crippen LogP contribution in [0.3, 0.4) is 0 Å². The van der Waals surface area contributed by atoms with Crippen LogP contribution >= 0.6 is 0 Å². The molecule has 15 heavy (non-hydrogen) atoms. The molecule has 0 heterocycles. The average molecular weight is 218 g/mol. The molecule has 1 aromatic carbocycles. The first-order valence-electron chi connectivity index (χ1n) is 3.96. The highest BCUT2D eigenvalue weighted by Gasteiger charge is 2.31. The van der Waals surface area contributed by atoms with Gasteiger partial charge in [0.2, 0.25) is 0 Å². The number of benzene rings is 1.